The summed E-state index contributed by atoms with van der Waals surface area (Å²) < 4.78 is 5.30. The van der Waals surface area contributed by atoms with Gasteiger partial charge < -0.3 is 10.1 Å². The quantitative estimate of drug-likeness (QED) is 0.853. The van der Waals surface area contributed by atoms with Crippen molar-refractivity contribution in [3.63, 3.8) is 0 Å². The van der Waals surface area contributed by atoms with Crippen LogP contribution >= 0.6 is 11.3 Å². The number of hydrogen-bond acceptors (Lipinski definition) is 4. The second-order valence-corrected chi connectivity index (χ2v) is 5.64. The number of aromatic nitrogens is 1. The summed E-state index contributed by atoms with van der Waals surface area (Å²) in [7, 11) is 1.65. The van der Waals surface area contributed by atoms with Gasteiger partial charge in [0.05, 0.1) is 13.2 Å². The molecule has 21 heavy (non-hydrogen) atoms. The van der Waals surface area contributed by atoms with Crippen molar-refractivity contribution in [1.29, 1.82) is 0 Å². The first-order chi connectivity index (χ1) is 10.2. The predicted molar refractivity (Wildman–Crippen MR) is 84.6 cm³/mol. The summed E-state index contributed by atoms with van der Waals surface area (Å²) in [5.74, 6) is 0.875. The number of nitrogens with zero attached hydrogens (tertiary/aromatic N) is 1. The zero-order valence-electron chi connectivity index (χ0n) is 12.3. The lowest BCUT2D eigenvalue weighted by Gasteiger charge is -2.14. The molecule has 2 rings (SSSR count). The van der Waals surface area contributed by atoms with Crippen LogP contribution in [0.15, 0.2) is 35.8 Å². The van der Waals surface area contributed by atoms with Crippen molar-refractivity contribution in [3.8, 4) is 5.75 Å². The largest absolute Gasteiger partial charge is 0.496 e. The number of carbonyl (C=O) groups is 1. The number of hydrogen-bond donors (Lipinski definition) is 1. The normalized spacial score (nSPS) is 11.9. The Morgan fingerprint density at radius 2 is 2.24 bits per heavy atom. The molecule has 1 atom stereocenters. The average Bonchev–Trinajstić information content (AvgIpc) is 3.05. The molecule has 1 unspecified atom stereocenters. The third-order valence-electron chi connectivity index (χ3n) is 3.31. The summed E-state index contributed by atoms with van der Waals surface area (Å²) in [6, 6.07) is 7.80. The van der Waals surface area contributed by atoms with E-state index < -0.39 is 0 Å². The minimum absolute atomic E-state index is 0.00942. The van der Waals surface area contributed by atoms with Gasteiger partial charge in [-0.05, 0) is 24.5 Å². The maximum atomic E-state index is 12.1. The van der Waals surface area contributed by atoms with Gasteiger partial charge in [0.25, 0.3) is 0 Å². The molecule has 1 aromatic heterocycles. The van der Waals surface area contributed by atoms with Gasteiger partial charge in [0, 0.05) is 18.0 Å². The van der Waals surface area contributed by atoms with Crippen LogP contribution in [0, 0.1) is 0 Å². The summed E-state index contributed by atoms with van der Waals surface area (Å²) in [6.45, 7) is 2.05. The van der Waals surface area contributed by atoms with E-state index in [9.17, 15) is 4.79 Å². The van der Waals surface area contributed by atoms with E-state index in [0.29, 0.717) is 12.8 Å². The molecule has 0 spiro atoms. The molecule has 0 radical (unpaired) electrons. The average molecular weight is 304 g/mol. The third kappa shape index (κ3) is 4.29. The molecule has 1 aromatic carbocycles. The van der Waals surface area contributed by atoms with Gasteiger partial charge in [-0.25, -0.2) is 4.98 Å². The monoisotopic (exact) mass is 304 g/mol. The lowest BCUT2D eigenvalue weighted by Crippen LogP contribution is -2.28. The standard InChI is InChI=1S/C16H20N2O2S/c1-3-13(16-17-10-11-21-16)18-15(19)9-8-12-6-4-5-7-14(12)20-2/h4-7,10-11,13H,3,8-9H2,1-2H3,(H,18,19). The fourth-order valence-corrected chi connectivity index (χ4v) is 2.94. The fraction of sp³-hybridized carbons (Fsp3) is 0.375. The molecule has 1 amide bonds. The van der Waals surface area contributed by atoms with Gasteiger partial charge in [-0.15, -0.1) is 11.3 Å². The molecule has 0 bridgehead atoms. The molecule has 1 heterocycles. The number of aryl methyl sites for hydroxylation is 1. The van der Waals surface area contributed by atoms with Crippen LogP contribution in [0.5, 0.6) is 5.75 Å². The Bertz CT molecular complexity index is 569. The topological polar surface area (TPSA) is 51.2 Å². The van der Waals surface area contributed by atoms with Gasteiger partial charge in [-0.2, -0.15) is 0 Å². The number of amides is 1. The second-order valence-electron chi connectivity index (χ2n) is 4.71. The van der Waals surface area contributed by atoms with Crippen LogP contribution < -0.4 is 10.1 Å². The van der Waals surface area contributed by atoms with Crippen LogP contribution in [-0.2, 0) is 11.2 Å². The zero-order valence-corrected chi connectivity index (χ0v) is 13.2. The number of para-hydroxylation sites is 1. The van der Waals surface area contributed by atoms with Crippen molar-refractivity contribution in [1.82, 2.24) is 10.3 Å². The van der Waals surface area contributed by atoms with Gasteiger partial charge in [0.15, 0.2) is 0 Å². The molecule has 0 saturated carbocycles. The number of nitrogens with one attached hydrogen (secondary N) is 1. The Morgan fingerprint density at radius 3 is 2.90 bits per heavy atom. The Kier molecular flexibility index (Phi) is 5.75. The molecule has 0 aliphatic carbocycles. The van der Waals surface area contributed by atoms with Gasteiger partial charge in [0.2, 0.25) is 5.91 Å². The van der Waals surface area contributed by atoms with Gasteiger partial charge in [0.1, 0.15) is 10.8 Å². The minimum atomic E-state index is 0.00942. The molecule has 0 saturated heterocycles. The Balaban J connectivity index is 1.90. The van der Waals surface area contributed by atoms with E-state index in [-0.39, 0.29) is 11.9 Å². The van der Waals surface area contributed by atoms with E-state index >= 15 is 0 Å². The first-order valence-electron chi connectivity index (χ1n) is 7.05. The Morgan fingerprint density at radius 1 is 1.43 bits per heavy atom. The first-order valence-corrected chi connectivity index (χ1v) is 7.93. The molecule has 0 aliphatic heterocycles. The van der Waals surface area contributed by atoms with Crippen molar-refractivity contribution >= 4 is 17.2 Å². The predicted octanol–water partition coefficient (Wildman–Crippen LogP) is 3.35. The molecule has 0 aliphatic rings. The molecule has 2 aromatic rings. The highest BCUT2D eigenvalue weighted by molar-refractivity contribution is 7.09. The van der Waals surface area contributed by atoms with Crippen molar-refractivity contribution in [2.45, 2.75) is 32.2 Å². The summed E-state index contributed by atoms with van der Waals surface area (Å²) in [5, 5.41) is 5.94. The maximum absolute atomic E-state index is 12.1. The lowest BCUT2D eigenvalue weighted by molar-refractivity contribution is -0.121. The van der Waals surface area contributed by atoms with E-state index in [2.05, 4.69) is 10.3 Å². The fourth-order valence-electron chi connectivity index (χ4n) is 2.17. The summed E-state index contributed by atoms with van der Waals surface area (Å²) in [5.41, 5.74) is 1.05. The van der Waals surface area contributed by atoms with E-state index in [0.717, 1.165) is 22.7 Å². The number of benzene rings is 1. The summed E-state index contributed by atoms with van der Waals surface area (Å²) >= 11 is 1.57. The van der Waals surface area contributed by atoms with Crippen LogP contribution in [-0.4, -0.2) is 18.0 Å². The summed E-state index contributed by atoms with van der Waals surface area (Å²) in [4.78, 5) is 16.4. The van der Waals surface area contributed by atoms with Gasteiger partial charge >= 0.3 is 0 Å². The SMILES string of the molecule is CCC(NC(=O)CCc1ccccc1OC)c1nccs1. The molecule has 1 N–H and O–H groups in total. The van der Waals surface area contributed by atoms with Crippen molar-refractivity contribution in [2.24, 2.45) is 0 Å². The number of rotatable bonds is 7. The summed E-state index contributed by atoms with van der Waals surface area (Å²) in [6.07, 6.45) is 3.73. The van der Waals surface area contributed by atoms with Crippen molar-refractivity contribution < 1.29 is 9.53 Å². The third-order valence-corrected chi connectivity index (χ3v) is 4.20. The van der Waals surface area contributed by atoms with E-state index in [1.807, 2.05) is 36.6 Å². The molecular formula is C16H20N2O2S. The zero-order chi connectivity index (χ0) is 15.1. The lowest BCUT2D eigenvalue weighted by atomic mass is 10.1. The van der Waals surface area contributed by atoms with E-state index in [1.165, 1.54) is 0 Å². The smallest absolute Gasteiger partial charge is 0.220 e. The number of thiazole rings is 1. The Hall–Kier alpha value is -1.88. The molecule has 112 valence electrons. The van der Waals surface area contributed by atoms with E-state index in [1.54, 1.807) is 24.6 Å². The van der Waals surface area contributed by atoms with Crippen LogP contribution in [0.4, 0.5) is 0 Å². The van der Waals surface area contributed by atoms with Crippen LogP contribution in [0.2, 0.25) is 0 Å². The van der Waals surface area contributed by atoms with Crippen LogP contribution in [0.3, 0.4) is 0 Å². The highest BCUT2D eigenvalue weighted by Gasteiger charge is 2.15. The van der Waals surface area contributed by atoms with Crippen molar-refractivity contribution in [3.05, 3.63) is 46.4 Å². The van der Waals surface area contributed by atoms with Gasteiger partial charge in [-0.1, -0.05) is 25.1 Å². The van der Waals surface area contributed by atoms with Gasteiger partial charge in [-0.3, -0.25) is 4.79 Å². The maximum Gasteiger partial charge on any atom is 0.220 e. The van der Waals surface area contributed by atoms with Crippen LogP contribution in [0.25, 0.3) is 0 Å². The molecule has 5 heteroatoms. The highest BCUT2D eigenvalue weighted by atomic mass is 32.1. The number of ether oxygens (including phenoxy) is 1. The first kappa shape index (κ1) is 15.5. The minimum Gasteiger partial charge on any atom is -0.496 e. The van der Waals surface area contributed by atoms with Crippen LogP contribution in [0.1, 0.15) is 36.4 Å². The Labute approximate surface area is 129 Å². The number of carbonyl (C=O) groups excluding carboxylic acids is 1. The number of methoxy groups -OCH3 is 1. The van der Waals surface area contributed by atoms with Crippen molar-refractivity contribution in [2.75, 3.05) is 7.11 Å². The molecule has 0 fully saturated rings. The second kappa shape index (κ2) is 7.78. The molecule has 4 nitrogen and oxygen atoms in total. The highest BCUT2D eigenvalue weighted by Crippen LogP contribution is 2.21. The van der Waals surface area contributed by atoms with E-state index in [4.69, 9.17) is 4.74 Å². The molecular weight excluding hydrogens is 284 g/mol.